The fraction of sp³-hybridized carbons (Fsp3) is 0.385. The lowest BCUT2D eigenvalue weighted by molar-refractivity contribution is -0.133. The van der Waals surface area contributed by atoms with E-state index in [0.29, 0.717) is 0 Å². The number of rotatable bonds is 6. The Morgan fingerprint density at radius 3 is 2.50 bits per heavy atom. The second-order valence-corrected chi connectivity index (χ2v) is 4.38. The van der Waals surface area contributed by atoms with Crippen molar-refractivity contribution in [3.8, 4) is 0 Å². The van der Waals surface area contributed by atoms with Crippen molar-refractivity contribution in [3.63, 3.8) is 0 Å². The molecular weight excluding hydrogens is 268 g/mol. The van der Waals surface area contributed by atoms with E-state index in [9.17, 15) is 13.6 Å². The molecule has 0 fully saturated rings. The van der Waals surface area contributed by atoms with Gasteiger partial charge in [-0.2, -0.15) is 0 Å². The summed E-state index contributed by atoms with van der Waals surface area (Å²) in [4.78, 5) is 13.0. The van der Waals surface area contributed by atoms with Crippen LogP contribution in [0.3, 0.4) is 0 Å². The minimum atomic E-state index is -2.63. The molecule has 7 heteroatoms. The predicted octanol–water partition coefficient (Wildman–Crippen LogP) is 1.32. The molecule has 1 aromatic carbocycles. The van der Waals surface area contributed by atoms with Crippen LogP contribution in [0.5, 0.6) is 0 Å². The molecule has 110 valence electrons. The molecule has 0 radical (unpaired) electrons. The van der Waals surface area contributed by atoms with E-state index in [1.54, 1.807) is 24.3 Å². The quantitative estimate of drug-likeness (QED) is 0.358. The molecule has 0 aliphatic heterocycles. The van der Waals surface area contributed by atoms with E-state index in [1.807, 2.05) is 6.07 Å². The van der Waals surface area contributed by atoms with Gasteiger partial charge in [0.2, 0.25) is 5.91 Å². The average Bonchev–Trinajstić information content (AvgIpc) is 2.43. The number of carbonyl (C=O) groups excluding carboxylic acids is 1. The zero-order chi connectivity index (χ0) is 15.1. The van der Waals surface area contributed by atoms with Gasteiger partial charge in [-0.3, -0.25) is 4.79 Å². The number of carbonyl (C=O) groups is 1. The maximum Gasteiger partial charge on any atom is 0.255 e. The number of nitrogens with two attached hydrogens (primary N) is 1. The van der Waals surface area contributed by atoms with E-state index in [2.05, 4.69) is 5.16 Å². The number of amides is 1. The van der Waals surface area contributed by atoms with Gasteiger partial charge in [-0.05, 0) is 12.0 Å². The van der Waals surface area contributed by atoms with E-state index in [-0.39, 0.29) is 12.3 Å². The number of amidine groups is 1. The Balaban J connectivity index is 2.87. The summed E-state index contributed by atoms with van der Waals surface area (Å²) in [5, 5.41) is 11.6. The Kier molecular flexibility index (Phi) is 5.89. The summed E-state index contributed by atoms with van der Waals surface area (Å²) in [5.74, 6) is -1.87. The summed E-state index contributed by atoms with van der Waals surface area (Å²) in [6, 6.07) is 8.93. The minimum absolute atomic E-state index is 0.184. The Hall–Kier alpha value is -2.18. The van der Waals surface area contributed by atoms with E-state index in [4.69, 9.17) is 10.9 Å². The predicted molar refractivity (Wildman–Crippen MR) is 70.7 cm³/mol. The number of oxime groups is 1. The molecule has 1 aromatic rings. The third-order valence-corrected chi connectivity index (χ3v) is 2.84. The van der Waals surface area contributed by atoms with Crippen molar-refractivity contribution in [2.24, 2.45) is 16.8 Å². The molecule has 0 saturated heterocycles. The highest BCUT2D eigenvalue weighted by atomic mass is 19.3. The SMILES string of the molecule is CN(CC(F)F)C(=O)C(Cc1ccccc1)/C(N)=N/O. The molecule has 0 spiro atoms. The fourth-order valence-corrected chi connectivity index (χ4v) is 1.80. The van der Waals surface area contributed by atoms with Gasteiger partial charge in [0.15, 0.2) is 5.84 Å². The molecule has 20 heavy (non-hydrogen) atoms. The lowest BCUT2D eigenvalue weighted by atomic mass is 9.97. The zero-order valence-electron chi connectivity index (χ0n) is 11.0. The van der Waals surface area contributed by atoms with Gasteiger partial charge in [0.05, 0.1) is 6.54 Å². The number of halogens is 2. The Morgan fingerprint density at radius 2 is 2.00 bits per heavy atom. The van der Waals surface area contributed by atoms with Crippen molar-refractivity contribution in [3.05, 3.63) is 35.9 Å². The normalized spacial score (nSPS) is 13.3. The van der Waals surface area contributed by atoms with Crippen LogP contribution in [0.2, 0.25) is 0 Å². The monoisotopic (exact) mass is 285 g/mol. The smallest absolute Gasteiger partial charge is 0.255 e. The molecule has 3 N–H and O–H groups in total. The summed E-state index contributed by atoms with van der Waals surface area (Å²) in [6.45, 7) is -0.692. The highest BCUT2D eigenvalue weighted by Crippen LogP contribution is 2.12. The van der Waals surface area contributed by atoms with Crippen molar-refractivity contribution < 1.29 is 18.8 Å². The number of nitrogens with zero attached hydrogens (tertiary/aromatic N) is 2. The first kappa shape index (κ1) is 15.9. The lowest BCUT2D eigenvalue weighted by Crippen LogP contribution is -2.42. The van der Waals surface area contributed by atoms with E-state index >= 15 is 0 Å². The lowest BCUT2D eigenvalue weighted by Gasteiger charge is -2.22. The highest BCUT2D eigenvalue weighted by Gasteiger charge is 2.27. The first-order chi connectivity index (χ1) is 9.45. The van der Waals surface area contributed by atoms with Gasteiger partial charge in [-0.15, -0.1) is 0 Å². The molecule has 0 aromatic heterocycles. The van der Waals surface area contributed by atoms with Crippen molar-refractivity contribution >= 4 is 11.7 Å². The molecule has 5 nitrogen and oxygen atoms in total. The second kappa shape index (κ2) is 7.42. The number of alkyl halides is 2. The van der Waals surface area contributed by atoms with Crippen LogP contribution in [0.4, 0.5) is 8.78 Å². The first-order valence-electron chi connectivity index (χ1n) is 6.00. The fourth-order valence-electron chi connectivity index (χ4n) is 1.80. The molecule has 1 amide bonds. The van der Waals surface area contributed by atoms with Gasteiger partial charge in [-0.25, -0.2) is 8.78 Å². The largest absolute Gasteiger partial charge is 0.409 e. The van der Waals surface area contributed by atoms with Gasteiger partial charge in [0.1, 0.15) is 5.92 Å². The molecule has 1 atom stereocenters. The Morgan fingerprint density at radius 1 is 1.40 bits per heavy atom. The van der Waals surface area contributed by atoms with Gasteiger partial charge < -0.3 is 15.8 Å². The van der Waals surface area contributed by atoms with Crippen LogP contribution in [0, 0.1) is 5.92 Å². The van der Waals surface area contributed by atoms with Crippen molar-refractivity contribution in [1.82, 2.24) is 4.90 Å². The van der Waals surface area contributed by atoms with Crippen LogP contribution in [0.15, 0.2) is 35.5 Å². The van der Waals surface area contributed by atoms with Gasteiger partial charge >= 0.3 is 0 Å². The van der Waals surface area contributed by atoms with E-state index in [1.165, 1.54) is 7.05 Å². The number of hydrogen-bond acceptors (Lipinski definition) is 3. The van der Waals surface area contributed by atoms with Crippen LogP contribution in [0.25, 0.3) is 0 Å². The maximum absolute atomic E-state index is 12.3. The topological polar surface area (TPSA) is 78.9 Å². The molecular formula is C13H17F2N3O2. The van der Waals surface area contributed by atoms with Crippen LogP contribution in [-0.2, 0) is 11.2 Å². The van der Waals surface area contributed by atoms with Crippen LogP contribution in [-0.4, -0.2) is 41.9 Å². The Bertz CT molecular complexity index is 466. The molecule has 0 aliphatic rings. The first-order valence-corrected chi connectivity index (χ1v) is 6.00. The van der Waals surface area contributed by atoms with E-state index < -0.39 is 24.8 Å². The van der Waals surface area contributed by atoms with Gasteiger partial charge in [0.25, 0.3) is 6.43 Å². The third-order valence-electron chi connectivity index (χ3n) is 2.84. The zero-order valence-corrected chi connectivity index (χ0v) is 11.0. The van der Waals surface area contributed by atoms with Crippen molar-refractivity contribution in [2.75, 3.05) is 13.6 Å². The molecule has 0 bridgehead atoms. The third kappa shape index (κ3) is 4.49. The highest BCUT2D eigenvalue weighted by molar-refractivity contribution is 6.02. The maximum atomic E-state index is 12.3. The van der Waals surface area contributed by atoms with Gasteiger partial charge in [-0.1, -0.05) is 35.5 Å². The number of benzene rings is 1. The summed E-state index contributed by atoms with van der Waals surface area (Å²) < 4.78 is 24.6. The number of hydrogen-bond donors (Lipinski definition) is 2. The molecule has 0 aliphatic carbocycles. The average molecular weight is 285 g/mol. The molecule has 1 rings (SSSR count). The minimum Gasteiger partial charge on any atom is -0.409 e. The van der Waals surface area contributed by atoms with Crippen molar-refractivity contribution in [2.45, 2.75) is 12.8 Å². The van der Waals surface area contributed by atoms with Crippen LogP contribution < -0.4 is 5.73 Å². The Labute approximate surface area is 115 Å². The van der Waals surface area contributed by atoms with Crippen molar-refractivity contribution in [1.29, 1.82) is 0 Å². The summed E-state index contributed by atoms with van der Waals surface area (Å²) >= 11 is 0. The standard InChI is InChI=1S/C13H17F2N3O2/c1-18(8-11(14)15)13(19)10(12(16)17-20)7-9-5-3-2-4-6-9/h2-6,10-11,20H,7-8H2,1H3,(H2,16,17). The van der Waals surface area contributed by atoms with Crippen LogP contribution in [0.1, 0.15) is 5.56 Å². The summed E-state index contributed by atoms with van der Waals surface area (Å²) in [5.41, 5.74) is 6.29. The summed E-state index contributed by atoms with van der Waals surface area (Å²) in [7, 11) is 1.26. The molecule has 0 heterocycles. The molecule has 1 unspecified atom stereocenters. The summed E-state index contributed by atoms with van der Waals surface area (Å²) in [6.07, 6.45) is -2.45. The van der Waals surface area contributed by atoms with Crippen LogP contribution >= 0.6 is 0 Å². The second-order valence-electron chi connectivity index (χ2n) is 4.38. The van der Waals surface area contributed by atoms with Gasteiger partial charge in [0, 0.05) is 7.05 Å². The molecule has 0 saturated carbocycles. The van der Waals surface area contributed by atoms with E-state index in [0.717, 1.165) is 10.5 Å².